The molecule has 176 valence electrons. The van der Waals surface area contributed by atoms with Gasteiger partial charge in [-0.15, -0.1) is 0 Å². The molecule has 1 saturated heterocycles. The number of hydrogen-bond donors (Lipinski definition) is 2. The maximum atomic E-state index is 13.0. The highest BCUT2D eigenvalue weighted by Gasteiger charge is 2.22. The van der Waals surface area contributed by atoms with Crippen molar-refractivity contribution in [3.8, 4) is 0 Å². The van der Waals surface area contributed by atoms with Crippen molar-refractivity contribution >= 4 is 29.2 Å². The summed E-state index contributed by atoms with van der Waals surface area (Å²) in [5.41, 5.74) is 2.48. The Labute approximate surface area is 199 Å². The first-order valence-electron chi connectivity index (χ1n) is 11.5. The van der Waals surface area contributed by atoms with Gasteiger partial charge in [0.15, 0.2) is 0 Å². The Balaban J connectivity index is 1.43. The average Bonchev–Trinajstić information content (AvgIpc) is 2.86. The zero-order valence-electron chi connectivity index (χ0n) is 19.2. The number of pyridine rings is 2. The largest absolute Gasteiger partial charge is 0.465 e. The van der Waals surface area contributed by atoms with Crippen LogP contribution in [0.2, 0.25) is 0 Å². The van der Waals surface area contributed by atoms with E-state index in [0.717, 1.165) is 31.6 Å². The molecule has 1 aliphatic rings. The fourth-order valence-electron chi connectivity index (χ4n) is 4.08. The van der Waals surface area contributed by atoms with E-state index in [1.165, 1.54) is 4.90 Å². The third-order valence-electron chi connectivity index (χ3n) is 6.10. The van der Waals surface area contributed by atoms with Gasteiger partial charge in [0.05, 0.1) is 5.56 Å². The Morgan fingerprint density at radius 1 is 1.03 bits per heavy atom. The number of nitrogens with zero attached hydrogens (tertiary/aromatic N) is 4. The second-order valence-corrected chi connectivity index (χ2v) is 8.55. The normalized spacial score (nSPS) is 14.0. The molecule has 0 radical (unpaired) electrons. The molecule has 1 aromatic carbocycles. The molecule has 1 fully saturated rings. The van der Waals surface area contributed by atoms with Crippen molar-refractivity contribution < 1.29 is 14.7 Å². The summed E-state index contributed by atoms with van der Waals surface area (Å²) in [6.45, 7) is 4.30. The zero-order valence-corrected chi connectivity index (χ0v) is 19.2. The predicted molar refractivity (Wildman–Crippen MR) is 133 cm³/mol. The van der Waals surface area contributed by atoms with Crippen molar-refractivity contribution in [2.24, 2.45) is 5.92 Å². The number of hydrogen-bond acceptors (Lipinski definition) is 5. The van der Waals surface area contributed by atoms with Crippen molar-refractivity contribution in [1.82, 2.24) is 9.97 Å². The summed E-state index contributed by atoms with van der Waals surface area (Å²) >= 11 is 0. The number of carbonyl (C=O) groups is 2. The molecule has 34 heavy (non-hydrogen) atoms. The highest BCUT2D eigenvalue weighted by atomic mass is 16.4. The summed E-state index contributed by atoms with van der Waals surface area (Å²) in [4.78, 5) is 37.0. The lowest BCUT2D eigenvalue weighted by Crippen LogP contribution is -2.35. The number of anilines is 3. The lowest BCUT2D eigenvalue weighted by molar-refractivity contribution is 0.102. The lowest BCUT2D eigenvalue weighted by Gasteiger charge is -2.32. The molecule has 2 amide bonds. The highest BCUT2D eigenvalue weighted by Crippen LogP contribution is 2.25. The monoisotopic (exact) mass is 459 g/mol. The summed E-state index contributed by atoms with van der Waals surface area (Å²) in [6.07, 6.45) is 5.04. The van der Waals surface area contributed by atoms with Gasteiger partial charge in [-0.05, 0) is 67.3 Å². The first-order valence-corrected chi connectivity index (χ1v) is 11.5. The molecule has 0 unspecified atom stereocenters. The van der Waals surface area contributed by atoms with Gasteiger partial charge in [-0.2, -0.15) is 0 Å². The molecule has 3 heterocycles. The quantitative estimate of drug-likeness (QED) is 0.532. The molecule has 8 heteroatoms. The molecule has 4 rings (SSSR count). The minimum Gasteiger partial charge on any atom is -0.465 e. The SMILES string of the molecule is CC1CCN(c2ncccc2C(=O)Nc2ccc(N(CCc3ccccn3)C(=O)O)cc2)CC1. The number of piperidine rings is 1. The molecule has 0 aliphatic carbocycles. The van der Waals surface area contributed by atoms with E-state index < -0.39 is 6.09 Å². The standard InChI is InChI=1S/C26H29N5O3/c1-19-11-16-30(17-12-19)24-23(6-4-15-28-24)25(32)29-21-7-9-22(10-8-21)31(26(33)34)18-13-20-5-2-3-14-27-20/h2-10,14-15,19H,11-13,16-18H2,1H3,(H,29,32)(H,33,34). The van der Waals surface area contributed by atoms with Crippen LogP contribution < -0.4 is 15.1 Å². The van der Waals surface area contributed by atoms with Crippen molar-refractivity contribution in [3.05, 3.63) is 78.2 Å². The Hall–Kier alpha value is -3.94. The minimum atomic E-state index is -1.04. The Bertz CT molecular complexity index is 1110. The first kappa shape index (κ1) is 23.2. The van der Waals surface area contributed by atoms with Crippen LogP contribution in [-0.4, -0.2) is 46.7 Å². The second kappa shape index (κ2) is 10.8. The van der Waals surface area contributed by atoms with Crippen LogP contribution in [0.25, 0.3) is 0 Å². The van der Waals surface area contributed by atoms with Gasteiger partial charge in [0.1, 0.15) is 5.82 Å². The minimum absolute atomic E-state index is 0.236. The van der Waals surface area contributed by atoms with Crippen LogP contribution in [-0.2, 0) is 6.42 Å². The number of benzene rings is 1. The molecule has 0 spiro atoms. The maximum Gasteiger partial charge on any atom is 0.411 e. The van der Waals surface area contributed by atoms with E-state index in [1.807, 2.05) is 18.2 Å². The van der Waals surface area contributed by atoms with E-state index in [9.17, 15) is 14.7 Å². The van der Waals surface area contributed by atoms with E-state index in [0.29, 0.717) is 35.1 Å². The maximum absolute atomic E-state index is 13.0. The van der Waals surface area contributed by atoms with Crippen LogP contribution >= 0.6 is 0 Å². The summed E-state index contributed by atoms with van der Waals surface area (Å²) in [5.74, 6) is 1.15. The van der Waals surface area contributed by atoms with Crippen LogP contribution in [0.5, 0.6) is 0 Å². The van der Waals surface area contributed by atoms with E-state index in [2.05, 4.69) is 27.1 Å². The Morgan fingerprint density at radius 3 is 2.44 bits per heavy atom. The summed E-state index contributed by atoms with van der Waals surface area (Å²) in [6, 6.07) is 15.9. The predicted octanol–water partition coefficient (Wildman–Crippen LogP) is 4.69. The van der Waals surface area contributed by atoms with E-state index >= 15 is 0 Å². The fraction of sp³-hybridized carbons (Fsp3) is 0.308. The van der Waals surface area contributed by atoms with Crippen LogP contribution in [0.3, 0.4) is 0 Å². The second-order valence-electron chi connectivity index (χ2n) is 8.55. The van der Waals surface area contributed by atoms with Gasteiger partial charge in [0, 0.05) is 55.5 Å². The lowest BCUT2D eigenvalue weighted by atomic mass is 9.99. The van der Waals surface area contributed by atoms with E-state index in [1.54, 1.807) is 48.8 Å². The molecule has 0 saturated carbocycles. The van der Waals surface area contributed by atoms with Gasteiger partial charge in [-0.1, -0.05) is 13.0 Å². The molecule has 0 bridgehead atoms. The smallest absolute Gasteiger partial charge is 0.411 e. The third-order valence-corrected chi connectivity index (χ3v) is 6.10. The third kappa shape index (κ3) is 5.70. The molecule has 2 N–H and O–H groups in total. The fourth-order valence-corrected chi connectivity index (χ4v) is 4.08. The van der Waals surface area contributed by atoms with Crippen molar-refractivity contribution in [2.45, 2.75) is 26.2 Å². The number of carbonyl (C=O) groups excluding carboxylic acids is 1. The molecule has 0 atom stereocenters. The van der Waals surface area contributed by atoms with Crippen LogP contribution in [0, 0.1) is 5.92 Å². The van der Waals surface area contributed by atoms with Crippen LogP contribution in [0.15, 0.2) is 67.0 Å². The van der Waals surface area contributed by atoms with E-state index in [-0.39, 0.29) is 12.5 Å². The number of rotatable bonds is 7. The van der Waals surface area contributed by atoms with Gasteiger partial charge >= 0.3 is 6.09 Å². The zero-order chi connectivity index (χ0) is 23.9. The average molecular weight is 460 g/mol. The number of aromatic nitrogens is 2. The molecular weight excluding hydrogens is 430 g/mol. The topological polar surface area (TPSA) is 98.7 Å². The summed E-state index contributed by atoms with van der Waals surface area (Å²) < 4.78 is 0. The van der Waals surface area contributed by atoms with Crippen LogP contribution in [0.4, 0.5) is 22.0 Å². The van der Waals surface area contributed by atoms with Crippen molar-refractivity contribution in [2.75, 3.05) is 34.8 Å². The number of carboxylic acid groups (broad SMARTS) is 1. The molecule has 2 aromatic heterocycles. The van der Waals surface area contributed by atoms with E-state index in [4.69, 9.17) is 0 Å². The molecule has 3 aromatic rings. The highest BCUT2D eigenvalue weighted by molar-refractivity contribution is 6.07. The van der Waals surface area contributed by atoms with Crippen LogP contribution in [0.1, 0.15) is 35.8 Å². The van der Waals surface area contributed by atoms with Gasteiger partial charge in [-0.25, -0.2) is 9.78 Å². The summed E-state index contributed by atoms with van der Waals surface area (Å²) in [7, 11) is 0. The number of amides is 2. The number of nitrogens with one attached hydrogen (secondary N) is 1. The van der Waals surface area contributed by atoms with Gasteiger partial charge < -0.3 is 15.3 Å². The van der Waals surface area contributed by atoms with Crippen molar-refractivity contribution in [1.29, 1.82) is 0 Å². The Kier molecular flexibility index (Phi) is 7.37. The Morgan fingerprint density at radius 2 is 1.76 bits per heavy atom. The van der Waals surface area contributed by atoms with Gasteiger partial charge in [-0.3, -0.25) is 14.7 Å². The molecule has 8 nitrogen and oxygen atoms in total. The molecular formula is C26H29N5O3. The first-order chi connectivity index (χ1) is 16.5. The molecule has 1 aliphatic heterocycles. The van der Waals surface area contributed by atoms with Crippen molar-refractivity contribution in [3.63, 3.8) is 0 Å². The van der Waals surface area contributed by atoms with Gasteiger partial charge in [0.25, 0.3) is 5.91 Å². The summed E-state index contributed by atoms with van der Waals surface area (Å²) in [5, 5.41) is 12.6. The van der Waals surface area contributed by atoms with Gasteiger partial charge in [0.2, 0.25) is 0 Å².